The molecule has 0 saturated heterocycles. The molecule has 2 aromatic rings. The third-order valence-electron chi connectivity index (χ3n) is 3.78. The Morgan fingerprint density at radius 3 is 2.26 bits per heavy atom. The molecule has 0 radical (unpaired) electrons. The summed E-state index contributed by atoms with van der Waals surface area (Å²) in [5.41, 5.74) is 5.65. The Morgan fingerprint density at radius 1 is 1.03 bits per heavy atom. The lowest BCUT2D eigenvalue weighted by atomic mass is 10.1. The van der Waals surface area contributed by atoms with Crippen LogP contribution in [0.5, 0.6) is 0 Å². The van der Waals surface area contributed by atoms with Crippen LogP contribution in [0.4, 0.5) is 5.00 Å². The van der Waals surface area contributed by atoms with Gasteiger partial charge in [-0.25, -0.2) is 9.59 Å². The van der Waals surface area contributed by atoms with Gasteiger partial charge in [0, 0.05) is 17.2 Å². The summed E-state index contributed by atoms with van der Waals surface area (Å²) in [5.74, 6) is -3.10. The Labute approximate surface area is 191 Å². The van der Waals surface area contributed by atoms with Gasteiger partial charge in [0.25, 0.3) is 11.8 Å². The molecule has 0 aliphatic rings. The van der Waals surface area contributed by atoms with Crippen molar-refractivity contribution in [2.45, 2.75) is 6.92 Å². The molecule has 0 saturated carbocycles. The fourth-order valence-electron chi connectivity index (χ4n) is 2.42. The Balaban J connectivity index is 2.12. The molecule has 3 N–H and O–H groups in total. The van der Waals surface area contributed by atoms with Gasteiger partial charge in [-0.3, -0.25) is 9.59 Å². The van der Waals surface area contributed by atoms with E-state index in [1.807, 2.05) is 0 Å². The molecule has 0 spiro atoms. The van der Waals surface area contributed by atoms with Gasteiger partial charge in [0.1, 0.15) is 11.6 Å². The first-order valence-corrected chi connectivity index (χ1v) is 10.2. The van der Waals surface area contributed by atoms with E-state index in [9.17, 15) is 19.2 Å². The van der Waals surface area contributed by atoms with Crippen molar-refractivity contribution >= 4 is 63.3 Å². The number of hydrogen-bond donors (Lipinski definition) is 2. The van der Waals surface area contributed by atoms with E-state index < -0.39 is 30.4 Å². The first kappa shape index (κ1) is 24.6. The lowest BCUT2D eigenvalue weighted by Crippen LogP contribution is -2.22. The number of esters is 2. The first-order valence-electron chi connectivity index (χ1n) is 8.66. The van der Waals surface area contributed by atoms with Crippen LogP contribution < -0.4 is 11.1 Å². The summed E-state index contributed by atoms with van der Waals surface area (Å²) in [5, 5.41) is 2.94. The molecular formula is C19H18Cl2N2O7S. The molecule has 0 unspecified atom stereocenters. The number of primary amides is 1. The molecule has 12 heteroatoms. The number of rotatable bonds is 9. The first-order chi connectivity index (χ1) is 14.6. The van der Waals surface area contributed by atoms with Crippen molar-refractivity contribution in [3.05, 3.63) is 49.8 Å². The molecule has 0 aliphatic heterocycles. The number of carbonyl (C=O) groups excluding carboxylic acids is 4. The highest BCUT2D eigenvalue weighted by Crippen LogP contribution is 2.33. The third kappa shape index (κ3) is 6.66. The number of nitrogens with one attached hydrogen (secondary N) is 1. The minimum Gasteiger partial charge on any atom is -0.460 e. The Hall–Kier alpha value is -2.66. The largest absolute Gasteiger partial charge is 0.460 e. The molecule has 1 aromatic heterocycles. The third-order valence-corrected chi connectivity index (χ3v) is 5.44. The normalized spacial score (nSPS) is 10.5. The molecule has 1 heterocycles. The second-order valence-corrected chi connectivity index (χ2v) is 7.93. The van der Waals surface area contributed by atoms with E-state index in [0.29, 0.717) is 0 Å². The molecule has 0 fully saturated rings. The van der Waals surface area contributed by atoms with Gasteiger partial charge >= 0.3 is 11.9 Å². The zero-order valence-electron chi connectivity index (χ0n) is 16.5. The van der Waals surface area contributed by atoms with E-state index in [4.69, 9.17) is 43.1 Å². The van der Waals surface area contributed by atoms with Crippen LogP contribution in [-0.4, -0.2) is 50.7 Å². The van der Waals surface area contributed by atoms with Crippen LogP contribution in [0.1, 0.15) is 36.0 Å². The van der Waals surface area contributed by atoms with E-state index in [2.05, 4.69) is 5.32 Å². The van der Waals surface area contributed by atoms with Gasteiger partial charge in [0.15, 0.2) is 6.61 Å². The Bertz CT molecular complexity index is 1000. The maximum Gasteiger partial charge on any atom is 0.341 e. The van der Waals surface area contributed by atoms with Crippen LogP contribution in [0.15, 0.2) is 18.2 Å². The highest BCUT2D eigenvalue weighted by Gasteiger charge is 2.26. The number of ether oxygens (including phenoxy) is 3. The SMILES string of the molecule is COCCOC(=O)c1c(NC(=O)COC(=O)c2cc(Cl)cc(Cl)c2)sc(C(N)=O)c1C. The summed E-state index contributed by atoms with van der Waals surface area (Å²) in [6, 6.07) is 4.11. The van der Waals surface area contributed by atoms with Gasteiger partial charge in [-0.05, 0) is 30.7 Å². The maximum atomic E-state index is 12.4. The summed E-state index contributed by atoms with van der Waals surface area (Å²) in [6.45, 7) is 0.985. The molecule has 2 amide bonds. The van der Waals surface area contributed by atoms with E-state index >= 15 is 0 Å². The van der Waals surface area contributed by atoms with Gasteiger partial charge in [0.05, 0.1) is 22.6 Å². The van der Waals surface area contributed by atoms with Crippen LogP contribution in [0.3, 0.4) is 0 Å². The summed E-state index contributed by atoms with van der Waals surface area (Å²) in [7, 11) is 1.44. The summed E-state index contributed by atoms with van der Waals surface area (Å²) < 4.78 is 14.8. The highest BCUT2D eigenvalue weighted by molar-refractivity contribution is 7.18. The predicted molar refractivity (Wildman–Crippen MR) is 115 cm³/mol. The number of halogens is 2. The number of anilines is 1. The molecule has 0 atom stereocenters. The average Bonchev–Trinajstić information content (AvgIpc) is 3.01. The number of methoxy groups -OCH3 is 1. The lowest BCUT2D eigenvalue weighted by molar-refractivity contribution is -0.119. The van der Waals surface area contributed by atoms with E-state index in [0.717, 1.165) is 11.3 Å². The smallest absolute Gasteiger partial charge is 0.341 e. The molecule has 1 aromatic carbocycles. The number of hydrogen-bond acceptors (Lipinski definition) is 8. The van der Waals surface area contributed by atoms with Gasteiger partial charge in [-0.1, -0.05) is 23.2 Å². The van der Waals surface area contributed by atoms with Crippen LogP contribution in [0.2, 0.25) is 10.0 Å². The fourth-order valence-corrected chi connectivity index (χ4v) is 4.01. The minimum absolute atomic E-state index is 0.0174. The second-order valence-electron chi connectivity index (χ2n) is 6.04. The Kier molecular flexibility index (Phi) is 8.81. The molecule has 0 bridgehead atoms. The summed E-state index contributed by atoms with van der Waals surface area (Å²) in [4.78, 5) is 48.5. The van der Waals surface area contributed by atoms with Crippen molar-refractivity contribution in [1.29, 1.82) is 0 Å². The number of carbonyl (C=O) groups is 4. The van der Waals surface area contributed by atoms with E-state index in [-0.39, 0.29) is 49.8 Å². The summed E-state index contributed by atoms with van der Waals surface area (Å²) in [6.07, 6.45) is 0. The van der Waals surface area contributed by atoms with Crippen molar-refractivity contribution in [3.63, 3.8) is 0 Å². The summed E-state index contributed by atoms with van der Waals surface area (Å²) >= 11 is 12.5. The number of benzene rings is 1. The van der Waals surface area contributed by atoms with Crippen molar-refractivity contribution in [2.75, 3.05) is 32.2 Å². The molecular weight excluding hydrogens is 471 g/mol. The number of amides is 2. The standard InChI is InChI=1S/C19H18Cl2N2O7S/c1-9-14(19(27)29-4-3-28-2)17(31-15(9)16(22)25)23-13(24)8-30-18(26)10-5-11(20)7-12(21)6-10/h5-7H,3-4,8H2,1-2H3,(H2,22,25)(H,23,24). The Morgan fingerprint density at radius 2 is 1.68 bits per heavy atom. The zero-order chi connectivity index (χ0) is 23.1. The van der Waals surface area contributed by atoms with E-state index in [1.54, 1.807) is 0 Å². The molecule has 31 heavy (non-hydrogen) atoms. The van der Waals surface area contributed by atoms with Crippen molar-refractivity contribution < 1.29 is 33.4 Å². The topological polar surface area (TPSA) is 134 Å². The van der Waals surface area contributed by atoms with Gasteiger partial charge in [0.2, 0.25) is 0 Å². The maximum absolute atomic E-state index is 12.4. The minimum atomic E-state index is -0.820. The fraction of sp³-hybridized carbons (Fsp3) is 0.263. The van der Waals surface area contributed by atoms with Crippen LogP contribution in [-0.2, 0) is 19.0 Å². The van der Waals surface area contributed by atoms with Gasteiger partial charge < -0.3 is 25.3 Å². The monoisotopic (exact) mass is 488 g/mol. The van der Waals surface area contributed by atoms with E-state index in [1.165, 1.54) is 32.2 Å². The van der Waals surface area contributed by atoms with Crippen LogP contribution in [0, 0.1) is 6.92 Å². The molecule has 2 rings (SSSR count). The highest BCUT2D eigenvalue weighted by atomic mass is 35.5. The van der Waals surface area contributed by atoms with Crippen LogP contribution >= 0.6 is 34.5 Å². The van der Waals surface area contributed by atoms with Crippen molar-refractivity contribution in [2.24, 2.45) is 5.73 Å². The average molecular weight is 489 g/mol. The van der Waals surface area contributed by atoms with Crippen LogP contribution in [0.25, 0.3) is 0 Å². The van der Waals surface area contributed by atoms with Crippen molar-refractivity contribution in [1.82, 2.24) is 0 Å². The number of nitrogens with two attached hydrogens (primary N) is 1. The predicted octanol–water partition coefficient (Wildman–Crippen LogP) is 3.06. The molecule has 9 nitrogen and oxygen atoms in total. The van der Waals surface area contributed by atoms with Gasteiger partial charge in [-0.2, -0.15) is 0 Å². The molecule has 0 aliphatic carbocycles. The molecule has 166 valence electrons. The quantitative estimate of drug-likeness (QED) is 0.409. The zero-order valence-corrected chi connectivity index (χ0v) is 18.8. The second kappa shape index (κ2) is 11.1. The van der Waals surface area contributed by atoms with Gasteiger partial charge in [-0.15, -0.1) is 11.3 Å². The lowest BCUT2D eigenvalue weighted by Gasteiger charge is -2.09. The van der Waals surface area contributed by atoms with Crippen molar-refractivity contribution in [3.8, 4) is 0 Å². The number of thiophene rings is 1.